The second kappa shape index (κ2) is 6.31. The van der Waals surface area contributed by atoms with Crippen LogP contribution in [0.25, 0.3) is 0 Å². The number of nitrogens with zero attached hydrogens (tertiary/aromatic N) is 4. The summed E-state index contributed by atoms with van der Waals surface area (Å²) >= 11 is 0. The molecule has 1 saturated heterocycles. The summed E-state index contributed by atoms with van der Waals surface area (Å²) in [6.45, 7) is 1.75. The van der Waals surface area contributed by atoms with Gasteiger partial charge in [0.25, 0.3) is 5.91 Å². The van der Waals surface area contributed by atoms with Crippen molar-refractivity contribution in [1.82, 2.24) is 24.9 Å². The molecule has 0 aromatic carbocycles. The molecule has 0 saturated carbocycles. The molecule has 1 N–H and O–H groups in total. The molecule has 1 aromatic heterocycles. The standard InChI is InChI=1S/C16H25N5O2/c1-19(2)15(22)13-10-21(9-8-20(13)3)16(23)14-11-6-4-5-7-12(11)17-18-14/h13H,4-10H2,1-3H3,(H,17,18). The zero-order chi connectivity index (χ0) is 16.6. The lowest BCUT2D eigenvalue weighted by molar-refractivity contribution is -0.135. The molecule has 0 spiro atoms. The van der Waals surface area contributed by atoms with Gasteiger partial charge in [-0.3, -0.25) is 19.6 Å². The summed E-state index contributed by atoms with van der Waals surface area (Å²) in [5, 5.41) is 7.30. The summed E-state index contributed by atoms with van der Waals surface area (Å²) in [5.41, 5.74) is 2.74. The van der Waals surface area contributed by atoms with Crippen LogP contribution in [0.1, 0.15) is 34.6 Å². The maximum Gasteiger partial charge on any atom is 0.274 e. The van der Waals surface area contributed by atoms with Crippen LogP contribution < -0.4 is 0 Å². The van der Waals surface area contributed by atoms with Crippen LogP contribution in [0.2, 0.25) is 0 Å². The summed E-state index contributed by atoms with van der Waals surface area (Å²) in [6, 6.07) is -0.280. The van der Waals surface area contributed by atoms with Crippen LogP contribution in [0, 0.1) is 0 Å². The number of hydrogen-bond acceptors (Lipinski definition) is 4. The topological polar surface area (TPSA) is 72.5 Å². The van der Waals surface area contributed by atoms with E-state index in [0.29, 0.717) is 25.3 Å². The lowest BCUT2D eigenvalue weighted by Crippen LogP contribution is -2.58. The number of aromatic amines is 1. The monoisotopic (exact) mass is 319 g/mol. The van der Waals surface area contributed by atoms with Crippen molar-refractivity contribution in [2.45, 2.75) is 31.7 Å². The van der Waals surface area contributed by atoms with Crippen molar-refractivity contribution < 1.29 is 9.59 Å². The maximum atomic E-state index is 12.9. The molecule has 126 valence electrons. The molecule has 3 rings (SSSR count). The predicted molar refractivity (Wildman–Crippen MR) is 86.2 cm³/mol. The van der Waals surface area contributed by atoms with Crippen molar-refractivity contribution >= 4 is 11.8 Å². The van der Waals surface area contributed by atoms with Crippen LogP contribution in [0.5, 0.6) is 0 Å². The second-order valence-electron chi connectivity index (χ2n) is 6.72. The minimum absolute atomic E-state index is 0.0362. The minimum atomic E-state index is -0.280. The van der Waals surface area contributed by atoms with Crippen LogP contribution in [-0.2, 0) is 17.6 Å². The molecule has 7 heteroatoms. The molecular weight excluding hydrogens is 294 g/mol. The summed E-state index contributed by atoms with van der Waals surface area (Å²) in [7, 11) is 5.44. The minimum Gasteiger partial charge on any atom is -0.347 e. The van der Waals surface area contributed by atoms with Gasteiger partial charge >= 0.3 is 0 Å². The molecule has 7 nitrogen and oxygen atoms in total. The van der Waals surface area contributed by atoms with Crippen LogP contribution in [0.4, 0.5) is 0 Å². The smallest absolute Gasteiger partial charge is 0.274 e. The lowest BCUT2D eigenvalue weighted by Gasteiger charge is -2.39. The number of rotatable bonds is 2. The van der Waals surface area contributed by atoms with E-state index < -0.39 is 0 Å². The first-order chi connectivity index (χ1) is 11.0. The van der Waals surface area contributed by atoms with Crippen LogP contribution in [0.3, 0.4) is 0 Å². The third-order valence-corrected chi connectivity index (χ3v) is 4.92. The zero-order valence-corrected chi connectivity index (χ0v) is 14.1. The Kier molecular flexibility index (Phi) is 4.39. The van der Waals surface area contributed by atoms with Crippen LogP contribution >= 0.6 is 0 Å². The fourth-order valence-corrected chi connectivity index (χ4v) is 3.43. The van der Waals surface area contributed by atoms with E-state index in [1.165, 1.54) is 0 Å². The molecule has 1 aliphatic heterocycles. The Hall–Kier alpha value is -1.89. The van der Waals surface area contributed by atoms with E-state index in [4.69, 9.17) is 0 Å². The Bertz CT molecular complexity index is 610. The fourth-order valence-electron chi connectivity index (χ4n) is 3.43. The van der Waals surface area contributed by atoms with Crippen LogP contribution in [-0.4, -0.2) is 83.5 Å². The molecular formula is C16H25N5O2. The van der Waals surface area contributed by atoms with Gasteiger partial charge in [-0.2, -0.15) is 5.10 Å². The molecule has 0 bridgehead atoms. The highest BCUT2D eigenvalue weighted by Crippen LogP contribution is 2.24. The number of H-pyrrole nitrogens is 1. The molecule has 23 heavy (non-hydrogen) atoms. The van der Waals surface area contributed by atoms with E-state index in [2.05, 4.69) is 10.2 Å². The van der Waals surface area contributed by atoms with E-state index in [1.54, 1.807) is 23.9 Å². The summed E-state index contributed by atoms with van der Waals surface area (Å²) < 4.78 is 0. The average Bonchev–Trinajstić information content (AvgIpc) is 2.98. The van der Waals surface area contributed by atoms with E-state index in [-0.39, 0.29) is 17.9 Å². The number of nitrogens with one attached hydrogen (secondary N) is 1. The number of piperazine rings is 1. The third kappa shape index (κ3) is 2.97. The van der Waals surface area contributed by atoms with Crippen LogP contribution in [0.15, 0.2) is 0 Å². The molecule has 1 aromatic rings. The summed E-state index contributed by atoms with van der Waals surface area (Å²) in [5.74, 6) is -0.0110. The van der Waals surface area contributed by atoms with E-state index in [1.807, 2.05) is 11.9 Å². The first kappa shape index (κ1) is 16.0. The summed E-state index contributed by atoms with van der Waals surface area (Å²) in [6.07, 6.45) is 4.15. The number of likely N-dealkylation sites (N-methyl/N-ethyl adjacent to an activating group) is 2. The molecule has 1 fully saturated rings. The maximum absolute atomic E-state index is 12.9. The number of carbonyl (C=O) groups is 2. The van der Waals surface area contributed by atoms with Gasteiger partial charge in [-0.15, -0.1) is 0 Å². The van der Waals surface area contributed by atoms with Gasteiger partial charge in [-0.25, -0.2) is 0 Å². The number of hydrogen-bond donors (Lipinski definition) is 1. The molecule has 0 radical (unpaired) electrons. The van der Waals surface area contributed by atoms with Crippen molar-refractivity contribution in [2.24, 2.45) is 0 Å². The Balaban J connectivity index is 1.77. The second-order valence-corrected chi connectivity index (χ2v) is 6.72. The molecule has 1 unspecified atom stereocenters. The van der Waals surface area contributed by atoms with Gasteiger partial charge in [0.05, 0.1) is 0 Å². The Morgan fingerprint density at radius 1 is 1.22 bits per heavy atom. The largest absolute Gasteiger partial charge is 0.347 e. The van der Waals surface area contributed by atoms with Gasteiger partial charge in [0.2, 0.25) is 5.91 Å². The average molecular weight is 319 g/mol. The quantitative estimate of drug-likeness (QED) is 0.841. The van der Waals surface area contributed by atoms with Crippen molar-refractivity contribution in [1.29, 1.82) is 0 Å². The van der Waals surface area contributed by atoms with E-state index >= 15 is 0 Å². The molecule has 2 aliphatic rings. The van der Waals surface area contributed by atoms with Crippen molar-refractivity contribution in [3.63, 3.8) is 0 Å². The van der Waals surface area contributed by atoms with E-state index in [0.717, 1.165) is 36.9 Å². The number of carbonyl (C=O) groups excluding carboxylic acids is 2. The fraction of sp³-hybridized carbons (Fsp3) is 0.688. The first-order valence-electron chi connectivity index (χ1n) is 8.26. The zero-order valence-electron chi connectivity index (χ0n) is 14.1. The Morgan fingerprint density at radius 2 is 1.96 bits per heavy atom. The number of aryl methyl sites for hydroxylation is 1. The Labute approximate surface area is 136 Å². The number of amides is 2. The van der Waals surface area contributed by atoms with Gasteiger partial charge in [-0.1, -0.05) is 0 Å². The predicted octanol–water partition coefficient (Wildman–Crippen LogP) is 0.133. The van der Waals surface area contributed by atoms with Gasteiger partial charge in [-0.05, 0) is 32.7 Å². The lowest BCUT2D eigenvalue weighted by atomic mass is 9.95. The first-order valence-corrected chi connectivity index (χ1v) is 8.26. The summed E-state index contributed by atoms with van der Waals surface area (Å²) in [4.78, 5) is 30.6. The molecule has 2 amide bonds. The molecule has 1 aliphatic carbocycles. The van der Waals surface area contributed by atoms with Gasteiger partial charge in [0.1, 0.15) is 6.04 Å². The Morgan fingerprint density at radius 3 is 2.70 bits per heavy atom. The third-order valence-electron chi connectivity index (χ3n) is 4.92. The highest BCUT2D eigenvalue weighted by Gasteiger charge is 2.35. The molecule has 1 atom stereocenters. The van der Waals surface area contributed by atoms with Gasteiger partial charge in [0.15, 0.2) is 5.69 Å². The van der Waals surface area contributed by atoms with Crippen molar-refractivity contribution in [3.05, 3.63) is 17.0 Å². The van der Waals surface area contributed by atoms with Crippen molar-refractivity contribution in [2.75, 3.05) is 40.8 Å². The normalized spacial score (nSPS) is 21.9. The number of fused-ring (bicyclic) bond motifs is 1. The van der Waals surface area contributed by atoms with Gasteiger partial charge in [0, 0.05) is 45.0 Å². The molecule has 2 heterocycles. The van der Waals surface area contributed by atoms with Gasteiger partial charge < -0.3 is 9.80 Å². The highest BCUT2D eigenvalue weighted by molar-refractivity contribution is 5.95. The van der Waals surface area contributed by atoms with E-state index in [9.17, 15) is 9.59 Å². The SMILES string of the molecule is CN(C)C(=O)C1CN(C(=O)c2n[nH]c3c2CCCC3)CCN1C. The highest BCUT2D eigenvalue weighted by atomic mass is 16.2. The van der Waals surface area contributed by atoms with Crippen molar-refractivity contribution in [3.8, 4) is 0 Å². The number of aromatic nitrogens is 2.